The number of hydrogen-bond donors (Lipinski definition) is 0. The van der Waals surface area contributed by atoms with Crippen molar-refractivity contribution < 1.29 is 0 Å². The third kappa shape index (κ3) is 9.97. The maximum Gasteiger partial charge on any atom is 0.165 e. The van der Waals surface area contributed by atoms with Gasteiger partial charge in [0.1, 0.15) is 5.82 Å². The van der Waals surface area contributed by atoms with Gasteiger partial charge in [0.25, 0.3) is 0 Å². The van der Waals surface area contributed by atoms with Crippen molar-refractivity contribution in [1.29, 1.82) is 0 Å². The summed E-state index contributed by atoms with van der Waals surface area (Å²) in [4.78, 5) is 39.9. The zero-order valence-electron chi connectivity index (χ0n) is 55.5. The molecule has 18 rings (SSSR count). The van der Waals surface area contributed by atoms with Gasteiger partial charge in [-0.25, -0.2) is 34.9 Å². The van der Waals surface area contributed by atoms with Crippen LogP contribution in [0.15, 0.2) is 279 Å². The first-order valence-electron chi connectivity index (χ1n) is 33.6. The highest BCUT2D eigenvalue weighted by Crippen LogP contribution is 2.52. The molecule has 0 aliphatic heterocycles. The van der Waals surface area contributed by atoms with Gasteiger partial charge in [0.05, 0.1) is 38.8 Å². The molecule has 0 unspecified atom stereocenters. The average Bonchev–Trinajstić information content (AvgIpc) is 1.62. The third-order valence-corrected chi connectivity index (χ3v) is 19.3. The Hall–Kier alpha value is -12.8. The van der Waals surface area contributed by atoms with E-state index < -0.39 is 0 Å². The van der Waals surface area contributed by atoms with Gasteiger partial charge in [-0.05, 0) is 125 Å². The second-order valence-corrected chi connectivity index (χ2v) is 26.2. The molecule has 6 aromatic heterocycles. The molecule has 0 bridgehead atoms. The molecule has 0 spiro atoms. The average molecular weight is 1270 g/mol. The quantitative estimate of drug-likeness (QED) is 0.127. The minimum Gasteiger partial charge on any atom is -0.305 e. The number of hydrogen-bond acceptors (Lipinski definition) is 7. The fourth-order valence-corrected chi connectivity index (χ4v) is 14.7. The zero-order chi connectivity index (χ0) is 66.6. The van der Waals surface area contributed by atoms with Gasteiger partial charge in [-0.3, -0.25) is 9.13 Å². The second-order valence-electron chi connectivity index (χ2n) is 26.2. The minimum absolute atomic E-state index is 0.417. The molecule has 0 atom stereocenters. The first kappa shape index (κ1) is 58.8. The van der Waals surface area contributed by atoms with Crippen LogP contribution in [0, 0.1) is 41.5 Å². The van der Waals surface area contributed by atoms with Gasteiger partial charge in [-0.2, -0.15) is 0 Å². The molecule has 10 nitrogen and oxygen atoms in total. The summed E-state index contributed by atoms with van der Waals surface area (Å²) in [5, 5.41) is 6.76. The van der Waals surface area contributed by atoms with E-state index in [1.807, 2.05) is 72.8 Å². The SMILES string of the molecule is Cc1ccc2c(c1)c1cc(C)ccc1n2-c1nc(-n2c3ccc(C)cc3c3cc(C)ccc32)c(-n2c3ccc(C)cc3c3cc(C)ccc32)c(-c2cccc(-c3nc(-c4ccccc4)nc(-c4ccccc4)n3)c2-c2nc(-c3ccccc3)nc(-c3ccccc3)n2)c1-c1ccccc1. The van der Waals surface area contributed by atoms with Gasteiger partial charge in [0.15, 0.2) is 40.8 Å². The summed E-state index contributed by atoms with van der Waals surface area (Å²) >= 11 is 0. The molecular formula is C89H64N10. The molecule has 0 aliphatic carbocycles. The Kier molecular flexibility index (Phi) is 14.0. The van der Waals surface area contributed by atoms with E-state index in [9.17, 15) is 0 Å². The van der Waals surface area contributed by atoms with Crippen molar-refractivity contribution >= 4 is 65.4 Å². The minimum atomic E-state index is 0.417. The normalized spacial score (nSPS) is 11.7. The van der Waals surface area contributed by atoms with Crippen LogP contribution in [-0.4, -0.2) is 48.6 Å². The number of pyridine rings is 1. The number of aryl methyl sites for hydroxylation is 6. The van der Waals surface area contributed by atoms with Crippen molar-refractivity contribution in [3.8, 4) is 108 Å². The van der Waals surface area contributed by atoms with Crippen LogP contribution >= 0.6 is 0 Å². The number of rotatable bonds is 11. The molecule has 99 heavy (non-hydrogen) atoms. The summed E-state index contributed by atoms with van der Waals surface area (Å²) in [6, 6.07) is 99.2. The first-order chi connectivity index (χ1) is 48.5. The van der Waals surface area contributed by atoms with Crippen molar-refractivity contribution in [2.45, 2.75) is 41.5 Å². The van der Waals surface area contributed by atoms with Crippen LogP contribution in [0.5, 0.6) is 0 Å². The van der Waals surface area contributed by atoms with Crippen LogP contribution in [0.4, 0.5) is 0 Å². The summed E-state index contributed by atoms with van der Waals surface area (Å²) in [6.45, 7) is 13.1. The van der Waals surface area contributed by atoms with E-state index in [0.717, 1.165) is 155 Å². The smallest absolute Gasteiger partial charge is 0.165 e. The molecule has 18 aromatic rings. The van der Waals surface area contributed by atoms with Gasteiger partial charge in [-0.15, -0.1) is 0 Å². The lowest BCUT2D eigenvalue weighted by molar-refractivity contribution is 0.986. The largest absolute Gasteiger partial charge is 0.305 e. The molecular weight excluding hydrogens is 1210 g/mol. The highest BCUT2D eigenvalue weighted by atomic mass is 15.2. The summed E-state index contributed by atoms with van der Waals surface area (Å²) in [5.41, 5.74) is 22.1. The lowest BCUT2D eigenvalue weighted by Crippen LogP contribution is -2.14. The van der Waals surface area contributed by atoms with Gasteiger partial charge in [-0.1, -0.05) is 240 Å². The molecule has 0 saturated heterocycles. The Morgan fingerprint density at radius 2 is 0.485 bits per heavy atom. The van der Waals surface area contributed by atoms with Gasteiger partial charge < -0.3 is 4.57 Å². The topological polar surface area (TPSA) is 105 Å². The van der Waals surface area contributed by atoms with Crippen LogP contribution in [0.2, 0.25) is 0 Å². The third-order valence-electron chi connectivity index (χ3n) is 19.3. The van der Waals surface area contributed by atoms with E-state index in [1.54, 1.807) is 0 Å². The van der Waals surface area contributed by atoms with Crippen molar-refractivity contribution in [3.63, 3.8) is 0 Å². The summed E-state index contributed by atoms with van der Waals surface area (Å²) in [7, 11) is 0. The summed E-state index contributed by atoms with van der Waals surface area (Å²) in [6.07, 6.45) is 0. The van der Waals surface area contributed by atoms with Crippen LogP contribution in [0.1, 0.15) is 33.4 Å². The molecule has 0 aliphatic rings. The highest BCUT2D eigenvalue weighted by Gasteiger charge is 2.34. The van der Waals surface area contributed by atoms with Crippen molar-refractivity contribution in [2.75, 3.05) is 0 Å². The predicted molar refractivity (Wildman–Crippen MR) is 406 cm³/mol. The molecule has 0 radical (unpaired) electrons. The molecule has 6 heterocycles. The lowest BCUT2D eigenvalue weighted by Gasteiger charge is -2.27. The molecule has 0 N–H and O–H groups in total. The van der Waals surface area contributed by atoms with E-state index in [4.69, 9.17) is 34.9 Å². The Labute approximate surface area is 572 Å². The van der Waals surface area contributed by atoms with E-state index in [0.29, 0.717) is 51.9 Å². The Morgan fingerprint density at radius 3 is 0.828 bits per heavy atom. The van der Waals surface area contributed by atoms with E-state index >= 15 is 0 Å². The number of fused-ring (bicyclic) bond motifs is 9. The summed E-state index contributed by atoms with van der Waals surface area (Å²) in [5.74, 6) is 4.33. The van der Waals surface area contributed by atoms with Gasteiger partial charge in [0, 0.05) is 76.8 Å². The number of nitrogens with zero attached hydrogens (tertiary/aromatic N) is 10. The Balaban J connectivity index is 1.13. The maximum atomic E-state index is 6.53. The molecule has 0 saturated carbocycles. The van der Waals surface area contributed by atoms with E-state index in [-0.39, 0.29) is 0 Å². The van der Waals surface area contributed by atoms with Crippen LogP contribution in [0.25, 0.3) is 173 Å². The van der Waals surface area contributed by atoms with E-state index in [1.165, 1.54) is 0 Å². The lowest BCUT2D eigenvalue weighted by atomic mass is 9.87. The molecule has 470 valence electrons. The molecule has 10 heteroatoms. The van der Waals surface area contributed by atoms with Crippen LogP contribution < -0.4 is 0 Å². The molecule has 12 aromatic carbocycles. The summed E-state index contributed by atoms with van der Waals surface area (Å²) < 4.78 is 7.34. The second kappa shape index (κ2) is 23.5. The fraction of sp³-hybridized carbons (Fsp3) is 0.0674. The van der Waals surface area contributed by atoms with Gasteiger partial charge in [0.2, 0.25) is 0 Å². The van der Waals surface area contributed by atoms with Crippen LogP contribution in [-0.2, 0) is 0 Å². The molecule has 0 amide bonds. The zero-order valence-corrected chi connectivity index (χ0v) is 55.5. The van der Waals surface area contributed by atoms with Gasteiger partial charge >= 0.3 is 0 Å². The highest BCUT2D eigenvalue weighted by molar-refractivity contribution is 6.16. The standard InChI is InChI=1S/C89H64N10/c1-53-35-41-72-66(47-53)67-48-54(2)36-42-73(67)97(72)81-80(78(59-23-12-7-13-24-59)88(98-74-43-37-55(3)49-68(74)69-50-56(4)38-44-75(69)98)96-89(81)99-76-45-39-57(5)51-70(76)71-52-58(6)40-46-77(71)99)64-33-22-34-65(86-92-82(60-25-14-8-15-26-60)90-83(93-86)61-27-16-9-17-28-61)79(64)87-94-84(62-29-18-10-19-30-62)91-85(95-87)63-31-20-11-21-32-63/h7-52H,1-6H3. The monoisotopic (exact) mass is 1270 g/mol. The van der Waals surface area contributed by atoms with Crippen LogP contribution in [0.3, 0.4) is 0 Å². The Bertz CT molecular complexity index is 5980. The first-order valence-corrected chi connectivity index (χ1v) is 33.6. The predicted octanol–water partition coefficient (Wildman–Crippen LogP) is 21.9. The maximum absolute atomic E-state index is 6.53. The Morgan fingerprint density at radius 1 is 0.202 bits per heavy atom. The molecule has 0 fully saturated rings. The van der Waals surface area contributed by atoms with Crippen molar-refractivity contribution in [3.05, 3.63) is 312 Å². The van der Waals surface area contributed by atoms with Crippen molar-refractivity contribution in [1.82, 2.24) is 48.6 Å². The van der Waals surface area contributed by atoms with E-state index in [2.05, 4.69) is 262 Å². The number of aromatic nitrogens is 10. The van der Waals surface area contributed by atoms with Crippen molar-refractivity contribution in [2.24, 2.45) is 0 Å². The number of benzene rings is 12. The fourth-order valence-electron chi connectivity index (χ4n) is 14.7.